The Labute approximate surface area is 468 Å². The maximum atomic E-state index is 14.7. The van der Waals surface area contributed by atoms with Gasteiger partial charge in [0.15, 0.2) is 0 Å². The van der Waals surface area contributed by atoms with Crippen LogP contribution in [0.2, 0.25) is 0 Å². The predicted molar refractivity (Wildman–Crippen MR) is 305 cm³/mol. The highest BCUT2D eigenvalue weighted by Crippen LogP contribution is 2.41. The summed E-state index contributed by atoms with van der Waals surface area (Å²) in [6.45, 7) is 28.6. The number of hydrogen-bond acceptors (Lipinski definition) is 16. The highest BCUT2D eigenvalue weighted by molar-refractivity contribution is 6.19. The van der Waals surface area contributed by atoms with Gasteiger partial charge in [0.05, 0.1) is 18.2 Å². The first-order chi connectivity index (χ1) is 38.5. The first-order valence-electron chi connectivity index (χ1n) is 24.9. The molecule has 6 aromatic carbocycles. The van der Waals surface area contributed by atoms with Crippen LogP contribution in [0.15, 0.2) is 189 Å². The predicted octanol–water partition coefficient (Wildman–Crippen LogP) is 12.2. The Kier molecular flexibility index (Phi) is 20.2. The molecule has 0 radical (unpaired) electrons. The standard InChI is InChI=1S/C65H58O16/c1-37(2)59(66)75-30-29-74-57-36-55(65(72)77-32-31-76-60(67)38(3)4)53(35-54(57)47-15-13-43(14-16-47)44-21-23-48(24-22-44)78-61(68)39(5)6)42(11)64(71)81-58-34-50(80-63(70)41(9)10)26-28-52(58)46-19-17-45(18-20-46)51-27-25-49(33-56(51)73-12)79-62(69)40(7)8/h13-28,33-36H,1,3,5,7,9,11,29-32H2,2,4,6,8,10,12H3. The lowest BCUT2D eigenvalue weighted by molar-refractivity contribution is -0.140. The van der Waals surface area contributed by atoms with Crippen LogP contribution in [0.1, 0.15) is 50.5 Å². The molecule has 0 N–H and O–H groups in total. The lowest BCUT2D eigenvalue weighted by Crippen LogP contribution is -2.18. The zero-order chi connectivity index (χ0) is 59.1. The van der Waals surface area contributed by atoms with E-state index in [9.17, 15) is 33.6 Å². The summed E-state index contributed by atoms with van der Waals surface area (Å²) in [7, 11) is 1.48. The molecule has 0 saturated heterocycles. The van der Waals surface area contributed by atoms with Crippen molar-refractivity contribution < 1.29 is 76.2 Å². The van der Waals surface area contributed by atoms with Crippen molar-refractivity contribution in [3.63, 3.8) is 0 Å². The van der Waals surface area contributed by atoms with Gasteiger partial charge in [-0.05, 0) is 111 Å². The summed E-state index contributed by atoms with van der Waals surface area (Å²) in [4.78, 5) is 90.4. The van der Waals surface area contributed by atoms with Crippen LogP contribution in [-0.2, 0) is 43.0 Å². The van der Waals surface area contributed by atoms with Crippen LogP contribution in [0.3, 0.4) is 0 Å². The minimum atomic E-state index is -1.04. The average molecular weight is 1100 g/mol. The number of methoxy groups -OCH3 is 1. The van der Waals surface area contributed by atoms with E-state index in [1.807, 2.05) is 12.1 Å². The number of ether oxygens (including phenoxy) is 9. The molecule has 0 amide bonds. The van der Waals surface area contributed by atoms with Crippen molar-refractivity contribution in [2.75, 3.05) is 33.5 Å². The molecule has 0 heterocycles. The Morgan fingerprint density at radius 1 is 0.346 bits per heavy atom. The van der Waals surface area contributed by atoms with Crippen LogP contribution in [-0.4, -0.2) is 75.3 Å². The summed E-state index contributed by atoms with van der Waals surface area (Å²) in [6.07, 6.45) is 0. The highest BCUT2D eigenvalue weighted by Gasteiger charge is 2.26. The van der Waals surface area contributed by atoms with Crippen molar-refractivity contribution in [3.8, 4) is 79.0 Å². The second kappa shape index (κ2) is 27.3. The van der Waals surface area contributed by atoms with Gasteiger partial charge in [0.1, 0.15) is 60.9 Å². The third kappa shape index (κ3) is 15.9. The van der Waals surface area contributed by atoms with Gasteiger partial charge in [0.2, 0.25) is 0 Å². The molecule has 0 aliphatic rings. The van der Waals surface area contributed by atoms with Gasteiger partial charge >= 0.3 is 41.8 Å². The van der Waals surface area contributed by atoms with E-state index in [0.717, 1.165) is 11.1 Å². The molecule has 81 heavy (non-hydrogen) atoms. The molecule has 6 rings (SSSR count). The van der Waals surface area contributed by atoms with Gasteiger partial charge in [-0.1, -0.05) is 100 Å². The van der Waals surface area contributed by atoms with Gasteiger partial charge in [-0.3, -0.25) is 0 Å². The SMILES string of the molecule is C=C(C)C(=O)OCCOC(=O)c1cc(OCCOC(=O)C(=C)C)c(-c2ccc(-c3ccc(OC(=O)C(=C)C)cc3)cc2)cc1C(=C)C(=O)Oc1cc(OC(=O)C(=C)C)ccc1-c1ccc(-c2ccc(OC(=O)C(=C)C)cc2OC)cc1. The molecule has 0 atom stereocenters. The number of benzene rings is 6. The quantitative estimate of drug-likeness (QED) is 0.0182. The van der Waals surface area contributed by atoms with Crippen LogP contribution in [0.25, 0.3) is 50.1 Å². The fourth-order valence-electron chi connectivity index (χ4n) is 7.33. The maximum Gasteiger partial charge on any atom is 0.343 e. The topological polar surface area (TPSA) is 203 Å². The molecular weight excluding hydrogens is 1040 g/mol. The minimum absolute atomic E-state index is 0.00823. The summed E-state index contributed by atoms with van der Waals surface area (Å²) in [5.74, 6) is -4.23. The van der Waals surface area contributed by atoms with Gasteiger partial charge in [0, 0.05) is 62.3 Å². The molecule has 0 unspecified atom stereocenters. The van der Waals surface area contributed by atoms with Crippen LogP contribution >= 0.6 is 0 Å². The summed E-state index contributed by atoms with van der Waals surface area (Å²) in [6, 6.07) is 33.3. The van der Waals surface area contributed by atoms with E-state index in [-0.39, 0.29) is 87.4 Å². The third-order valence-corrected chi connectivity index (χ3v) is 11.6. The molecule has 6 aromatic rings. The van der Waals surface area contributed by atoms with Gasteiger partial charge in [-0.25, -0.2) is 33.6 Å². The molecular formula is C65H58O16. The summed E-state index contributed by atoms with van der Waals surface area (Å²) in [5, 5.41) is 0. The molecule has 16 nitrogen and oxygen atoms in total. The first-order valence-corrected chi connectivity index (χ1v) is 24.9. The van der Waals surface area contributed by atoms with Crippen molar-refractivity contribution in [2.24, 2.45) is 0 Å². The fraction of sp³-hybridized carbons (Fsp3) is 0.154. The van der Waals surface area contributed by atoms with Gasteiger partial charge in [-0.15, -0.1) is 0 Å². The Balaban J connectivity index is 1.42. The van der Waals surface area contributed by atoms with Crippen LogP contribution < -0.4 is 28.4 Å². The second-order valence-electron chi connectivity index (χ2n) is 18.3. The molecule has 414 valence electrons. The summed E-state index contributed by atoms with van der Waals surface area (Å²) >= 11 is 0. The number of hydrogen-bond donors (Lipinski definition) is 0. The highest BCUT2D eigenvalue weighted by atomic mass is 16.6. The lowest BCUT2D eigenvalue weighted by atomic mass is 9.93. The third-order valence-electron chi connectivity index (χ3n) is 11.6. The van der Waals surface area contributed by atoms with Crippen LogP contribution in [0.5, 0.6) is 34.5 Å². The molecule has 0 aliphatic heterocycles. The van der Waals surface area contributed by atoms with E-state index in [1.54, 1.807) is 91.9 Å². The van der Waals surface area contributed by atoms with E-state index >= 15 is 0 Å². The zero-order valence-electron chi connectivity index (χ0n) is 45.7. The number of rotatable bonds is 24. The summed E-state index contributed by atoms with van der Waals surface area (Å²) < 4.78 is 50.3. The monoisotopic (exact) mass is 1090 g/mol. The lowest BCUT2D eigenvalue weighted by Gasteiger charge is -2.19. The van der Waals surface area contributed by atoms with E-state index < -0.39 is 48.4 Å². The summed E-state index contributed by atoms with van der Waals surface area (Å²) in [5.41, 5.74) is 4.99. The number of carbonyl (C=O) groups excluding carboxylic acids is 7. The Hall–Kier alpha value is -10.4. The van der Waals surface area contributed by atoms with E-state index in [4.69, 9.17) is 42.6 Å². The molecule has 0 bridgehead atoms. The van der Waals surface area contributed by atoms with Crippen molar-refractivity contribution in [3.05, 3.63) is 200 Å². The van der Waals surface area contributed by atoms with Gasteiger partial charge in [0.25, 0.3) is 0 Å². The van der Waals surface area contributed by atoms with E-state index in [1.165, 1.54) is 59.1 Å². The minimum Gasteiger partial charge on any atom is -0.496 e. The first kappa shape index (κ1) is 59.9. The molecule has 0 aliphatic carbocycles. The maximum absolute atomic E-state index is 14.7. The second-order valence-corrected chi connectivity index (χ2v) is 18.3. The van der Waals surface area contributed by atoms with Crippen molar-refractivity contribution in [1.82, 2.24) is 0 Å². The number of carbonyl (C=O) groups is 7. The van der Waals surface area contributed by atoms with Gasteiger partial charge in [-0.2, -0.15) is 0 Å². The van der Waals surface area contributed by atoms with Crippen molar-refractivity contribution in [2.45, 2.75) is 34.6 Å². The van der Waals surface area contributed by atoms with Crippen molar-refractivity contribution in [1.29, 1.82) is 0 Å². The van der Waals surface area contributed by atoms with E-state index in [2.05, 4.69) is 39.5 Å². The molecule has 16 heteroatoms. The fourth-order valence-corrected chi connectivity index (χ4v) is 7.33. The molecule has 0 saturated carbocycles. The average Bonchev–Trinajstić information content (AvgIpc) is 3.66. The Morgan fingerprint density at radius 2 is 0.728 bits per heavy atom. The molecule has 0 aromatic heterocycles. The van der Waals surface area contributed by atoms with Gasteiger partial charge < -0.3 is 42.6 Å². The van der Waals surface area contributed by atoms with E-state index in [0.29, 0.717) is 44.9 Å². The largest absolute Gasteiger partial charge is 0.496 e. The van der Waals surface area contributed by atoms with Crippen LogP contribution in [0.4, 0.5) is 0 Å². The number of esters is 7. The smallest absolute Gasteiger partial charge is 0.343 e. The Morgan fingerprint density at radius 3 is 1.20 bits per heavy atom. The Bertz CT molecular complexity index is 3520. The molecule has 0 fully saturated rings. The zero-order valence-corrected chi connectivity index (χ0v) is 45.7. The van der Waals surface area contributed by atoms with Crippen LogP contribution in [0, 0.1) is 0 Å². The molecule has 0 spiro atoms. The van der Waals surface area contributed by atoms with Crippen molar-refractivity contribution >= 4 is 47.4 Å². The normalized spacial score (nSPS) is 10.4.